The Morgan fingerprint density at radius 2 is 1.30 bits per heavy atom. The van der Waals surface area contributed by atoms with Crippen LogP contribution in [0.2, 0.25) is 0 Å². The standard InChI is InChI=1S/C22H22O5/c1-25-20-11-6-16(7-12-20)4-9-18(23)15-19(24)10-5-17-8-13-21(26-2)22(14-17)27-3/h4-14H,15H2,1-3H3. The molecule has 0 N–H and O–H groups in total. The number of rotatable bonds is 9. The van der Waals surface area contributed by atoms with Crippen LogP contribution in [0.1, 0.15) is 17.5 Å². The normalized spacial score (nSPS) is 10.9. The van der Waals surface area contributed by atoms with E-state index in [1.165, 1.54) is 12.2 Å². The van der Waals surface area contributed by atoms with Crippen LogP contribution in [0.5, 0.6) is 17.2 Å². The van der Waals surface area contributed by atoms with Gasteiger partial charge in [-0.05, 0) is 47.5 Å². The summed E-state index contributed by atoms with van der Waals surface area (Å²) < 4.78 is 15.5. The molecule has 0 saturated heterocycles. The number of hydrogen-bond acceptors (Lipinski definition) is 5. The van der Waals surface area contributed by atoms with E-state index in [2.05, 4.69) is 0 Å². The first-order valence-corrected chi connectivity index (χ1v) is 8.33. The van der Waals surface area contributed by atoms with Gasteiger partial charge < -0.3 is 14.2 Å². The highest BCUT2D eigenvalue weighted by Gasteiger charge is 2.05. The highest BCUT2D eigenvalue weighted by atomic mass is 16.5. The van der Waals surface area contributed by atoms with Gasteiger partial charge in [-0.25, -0.2) is 0 Å². The van der Waals surface area contributed by atoms with Gasteiger partial charge >= 0.3 is 0 Å². The van der Waals surface area contributed by atoms with Gasteiger partial charge in [0, 0.05) is 0 Å². The summed E-state index contributed by atoms with van der Waals surface area (Å²) in [7, 11) is 4.70. The molecule has 0 aliphatic heterocycles. The lowest BCUT2D eigenvalue weighted by Crippen LogP contribution is -2.01. The molecule has 5 nitrogen and oxygen atoms in total. The molecule has 0 aromatic heterocycles. The summed E-state index contributed by atoms with van der Waals surface area (Å²) in [6.45, 7) is 0. The molecule has 0 fully saturated rings. The summed E-state index contributed by atoms with van der Waals surface area (Å²) in [5, 5.41) is 0. The van der Waals surface area contributed by atoms with E-state index < -0.39 is 0 Å². The average molecular weight is 366 g/mol. The van der Waals surface area contributed by atoms with Crippen molar-refractivity contribution in [3.63, 3.8) is 0 Å². The highest BCUT2D eigenvalue weighted by Crippen LogP contribution is 2.27. The molecule has 0 bridgehead atoms. The number of ether oxygens (including phenoxy) is 3. The third kappa shape index (κ3) is 6.15. The van der Waals surface area contributed by atoms with Gasteiger partial charge in [0.05, 0.1) is 27.8 Å². The van der Waals surface area contributed by atoms with E-state index in [0.717, 1.165) is 16.9 Å². The minimum Gasteiger partial charge on any atom is -0.497 e. The van der Waals surface area contributed by atoms with E-state index in [9.17, 15) is 9.59 Å². The summed E-state index contributed by atoms with van der Waals surface area (Å²) >= 11 is 0. The van der Waals surface area contributed by atoms with Crippen LogP contribution in [0.3, 0.4) is 0 Å². The van der Waals surface area contributed by atoms with E-state index in [1.807, 2.05) is 12.1 Å². The number of hydrogen-bond donors (Lipinski definition) is 0. The number of methoxy groups -OCH3 is 3. The Morgan fingerprint density at radius 3 is 1.85 bits per heavy atom. The Morgan fingerprint density at radius 1 is 0.741 bits per heavy atom. The molecule has 0 spiro atoms. The molecule has 2 aromatic rings. The molecule has 2 aromatic carbocycles. The maximum Gasteiger partial charge on any atom is 0.163 e. The van der Waals surface area contributed by atoms with Crippen molar-refractivity contribution in [1.82, 2.24) is 0 Å². The zero-order valence-corrected chi connectivity index (χ0v) is 15.6. The molecule has 0 heterocycles. The van der Waals surface area contributed by atoms with E-state index in [-0.39, 0.29) is 18.0 Å². The third-order valence-electron chi connectivity index (χ3n) is 3.80. The number of allylic oxidation sites excluding steroid dienone is 2. The topological polar surface area (TPSA) is 61.8 Å². The summed E-state index contributed by atoms with van der Waals surface area (Å²) in [6, 6.07) is 12.6. The largest absolute Gasteiger partial charge is 0.497 e. The van der Waals surface area contributed by atoms with Gasteiger partial charge in [-0.2, -0.15) is 0 Å². The number of carbonyl (C=O) groups excluding carboxylic acids is 2. The van der Waals surface area contributed by atoms with Crippen molar-refractivity contribution in [2.24, 2.45) is 0 Å². The quantitative estimate of drug-likeness (QED) is 0.496. The second-order valence-electron chi connectivity index (χ2n) is 5.66. The Labute approximate surface area is 158 Å². The predicted molar refractivity (Wildman–Crippen MR) is 105 cm³/mol. The molecule has 2 rings (SSSR count). The van der Waals surface area contributed by atoms with Crippen molar-refractivity contribution >= 4 is 23.7 Å². The molecule has 27 heavy (non-hydrogen) atoms. The molecular formula is C22H22O5. The van der Waals surface area contributed by atoms with Crippen molar-refractivity contribution in [2.45, 2.75) is 6.42 Å². The monoisotopic (exact) mass is 366 g/mol. The van der Waals surface area contributed by atoms with E-state index in [0.29, 0.717) is 11.5 Å². The van der Waals surface area contributed by atoms with Crippen LogP contribution in [0, 0.1) is 0 Å². The minimum atomic E-state index is -0.269. The van der Waals surface area contributed by atoms with Gasteiger partial charge in [-0.1, -0.05) is 30.4 Å². The summed E-state index contributed by atoms with van der Waals surface area (Å²) in [6.07, 6.45) is 5.93. The predicted octanol–water partition coefficient (Wildman–Crippen LogP) is 3.97. The Kier molecular flexibility index (Phi) is 7.37. The van der Waals surface area contributed by atoms with Gasteiger partial charge in [-0.15, -0.1) is 0 Å². The maximum atomic E-state index is 12.0. The molecular weight excluding hydrogens is 344 g/mol. The molecule has 0 radical (unpaired) electrons. The van der Waals surface area contributed by atoms with Crippen molar-refractivity contribution in [1.29, 1.82) is 0 Å². The first-order chi connectivity index (χ1) is 13.0. The van der Waals surface area contributed by atoms with Crippen LogP contribution < -0.4 is 14.2 Å². The van der Waals surface area contributed by atoms with Crippen LogP contribution in [0.4, 0.5) is 0 Å². The van der Waals surface area contributed by atoms with Crippen molar-refractivity contribution < 1.29 is 23.8 Å². The average Bonchev–Trinajstić information content (AvgIpc) is 2.70. The van der Waals surface area contributed by atoms with Gasteiger partial charge in [0.15, 0.2) is 23.1 Å². The molecule has 140 valence electrons. The lowest BCUT2D eigenvalue weighted by atomic mass is 10.1. The zero-order valence-electron chi connectivity index (χ0n) is 15.6. The lowest BCUT2D eigenvalue weighted by molar-refractivity contribution is -0.121. The van der Waals surface area contributed by atoms with Crippen LogP contribution in [0.25, 0.3) is 12.2 Å². The number of carbonyl (C=O) groups is 2. The zero-order chi connectivity index (χ0) is 19.6. The molecule has 0 unspecified atom stereocenters. The van der Waals surface area contributed by atoms with Gasteiger partial charge in [0.1, 0.15) is 5.75 Å². The van der Waals surface area contributed by atoms with Crippen LogP contribution in [0.15, 0.2) is 54.6 Å². The van der Waals surface area contributed by atoms with Gasteiger partial charge in [-0.3, -0.25) is 9.59 Å². The smallest absolute Gasteiger partial charge is 0.163 e. The summed E-state index contributed by atoms with van der Waals surface area (Å²) in [4.78, 5) is 23.9. The summed E-state index contributed by atoms with van der Waals surface area (Å²) in [5.74, 6) is 1.40. The SMILES string of the molecule is COc1ccc(C=CC(=O)CC(=O)C=Cc2ccc(OC)c(OC)c2)cc1. The third-order valence-corrected chi connectivity index (χ3v) is 3.80. The molecule has 0 saturated carbocycles. The first-order valence-electron chi connectivity index (χ1n) is 8.33. The fourth-order valence-electron chi connectivity index (χ4n) is 2.34. The van der Waals surface area contributed by atoms with Crippen molar-refractivity contribution in [3.8, 4) is 17.2 Å². The summed E-state index contributed by atoms with van der Waals surface area (Å²) in [5.41, 5.74) is 1.64. The van der Waals surface area contributed by atoms with E-state index in [4.69, 9.17) is 14.2 Å². The minimum absolute atomic E-state index is 0.184. The second kappa shape index (κ2) is 9.97. The first kappa shape index (κ1) is 20.0. The van der Waals surface area contributed by atoms with Crippen LogP contribution >= 0.6 is 0 Å². The highest BCUT2D eigenvalue weighted by molar-refractivity contribution is 6.10. The molecule has 0 amide bonds. The van der Waals surface area contributed by atoms with Crippen molar-refractivity contribution in [2.75, 3.05) is 21.3 Å². The Bertz CT molecular complexity index is 848. The Balaban J connectivity index is 1.93. The fourth-order valence-corrected chi connectivity index (χ4v) is 2.34. The van der Waals surface area contributed by atoms with Gasteiger partial charge in [0.2, 0.25) is 0 Å². The lowest BCUT2D eigenvalue weighted by Gasteiger charge is -2.07. The number of benzene rings is 2. The Hall–Kier alpha value is -3.34. The second-order valence-corrected chi connectivity index (χ2v) is 5.66. The van der Waals surface area contributed by atoms with Gasteiger partial charge in [0.25, 0.3) is 0 Å². The molecule has 0 aliphatic carbocycles. The van der Waals surface area contributed by atoms with Crippen LogP contribution in [-0.2, 0) is 9.59 Å². The fraction of sp³-hybridized carbons (Fsp3) is 0.182. The number of ketones is 2. The molecule has 5 heteroatoms. The molecule has 0 atom stereocenters. The van der Waals surface area contributed by atoms with Crippen LogP contribution in [-0.4, -0.2) is 32.9 Å². The van der Waals surface area contributed by atoms with E-state index >= 15 is 0 Å². The molecule has 0 aliphatic rings. The van der Waals surface area contributed by atoms with E-state index in [1.54, 1.807) is 63.8 Å². The van der Waals surface area contributed by atoms with Crippen molar-refractivity contribution in [3.05, 3.63) is 65.7 Å². The maximum absolute atomic E-state index is 12.0.